The van der Waals surface area contributed by atoms with Crippen molar-refractivity contribution < 1.29 is 9.18 Å². The summed E-state index contributed by atoms with van der Waals surface area (Å²) in [4.78, 5) is 24.2. The number of nitrogens with one attached hydrogen (secondary N) is 1. The fourth-order valence-corrected chi connectivity index (χ4v) is 4.39. The first-order valence-corrected chi connectivity index (χ1v) is 9.89. The Bertz CT molecular complexity index is 1090. The molecule has 1 fully saturated rings. The van der Waals surface area contributed by atoms with Crippen molar-refractivity contribution in [3.05, 3.63) is 42.0 Å². The van der Waals surface area contributed by atoms with Gasteiger partial charge in [-0.25, -0.2) is 14.4 Å². The highest BCUT2D eigenvalue weighted by Crippen LogP contribution is 2.36. The second-order valence-corrected chi connectivity index (χ2v) is 7.71. The Kier molecular flexibility index (Phi) is 4.92. The average Bonchev–Trinajstić information content (AvgIpc) is 3.35. The van der Waals surface area contributed by atoms with Gasteiger partial charge in [0.1, 0.15) is 28.9 Å². The number of carbonyl (C=O) groups is 1. The van der Waals surface area contributed by atoms with Crippen LogP contribution in [0.2, 0.25) is 0 Å². The molecule has 0 bridgehead atoms. The van der Waals surface area contributed by atoms with E-state index in [0.717, 1.165) is 39.4 Å². The smallest absolute Gasteiger partial charge is 0.222 e. The molecular weight excluding hydrogens is 377 g/mol. The lowest BCUT2D eigenvalue weighted by Gasteiger charge is -2.16. The summed E-state index contributed by atoms with van der Waals surface area (Å²) >= 11 is 1.47. The number of aromatic nitrogens is 2. The average molecular weight is 395 g/mol. The second-order valence-electron chi connectivity index (χ2n) is 6.68. The fourth-order valence-electron chi connectivity index (χ4n) is 3.40. The first kappa shape index (κ1) is 18.3. The molecule has 1 N–H and O–H groups in total. The molecule has 4 rings (SSSR count). The quantitative estimate of drug-likeness (QED) is 0.727. The number of rotatable bonds is 4. The maximum absolute atomic E-state index is 13.6. The van der Waals surface area contributed by atoms with Crippen LogP contribution in [0.1, 0.15) is 25.3 Å². The molecular formula is C20H18FN5OS. The number of benzene rings is 1. The van der Waals surface area contributed by atoms with Gasteiger partial charge in [0, 0.05) is 30.4 Å². The first-order chi connectivity index (χ1) is 13.6. The van der Waals surface area contributed by atoms with Crippen LogP contribution in [0.15, 0.2) is 30.6 Å². The molecule has 28 heavy (non-hydrogen) atoms. The van der Waals surface area contributed by atoms with E-state index in [9.17, 15) is 9.18 Å². The van der Waals surface area contributed by atoms with Crippen molar-refractivity contribution in [2.24, 2.45) is 0 Å². The van der Waals surface area contributed by atoms with Gasteiger partial charge >= 0.3 is 0 Å². The maximum atomic E-state index is 13.6. The normalized spacial score (nSPS) is 16.3. The van der Waals surface area contributed by atoms with Gasteiger partial charge in [-0.1, -0.05) is 13.0 Å². The van der Waals surface area contributed by atoms with E-state index < -0.39 is 5.82 Å². The van der Waals surface area contributed by atoms with Crippen LogP contribution in [0, 0.1) is 17.1 Å². The van der Waals surface area contributed by atoms with Crippen LogP contribution in [0.5, 0.6) is 0 Å². The third kappa shape index (κ3) is 3.41. The summed E-state index contributed by atoms with van der Waals surface area (Å²) in [5.74, 6) is 0.368. The highest BCUT2D eigenvalue weighted by atomic mass is 32.1. The molecule has 2 aromatic heterocycles. The minimum absolute atomic E-state index is 0.0195. The number of nitrogens with zero attached hydrogens (tertiary/aromatic N) is 4. The van der Waals surface area contributed by atoms with Crippen LogP contribution in [0.3, 0.4) is 0 Å². The predicted octanol–water partition coefficient (Wildman–Crippen LogP) is 3.79. The van der Waals surface area contributed by atoms with E-state index in [1.54, 1.807) is 12.1 Å². The van der Waals surface area contributed by atoms with Crippen molar-refractivity contribution in [1.82, 2.24) is 14.9 Å². The van der Waals surface area contributed by atoms with E-state index in [4.69, 9.17) is 5.26 Å². The van der Waals surface area contributed by atoms with Gasteiger partial charge in [-0.05, 0) is 30.2 Å². The van der Waals surface area contributed by atoms with Gasteiger partial charge < -0.3 is 10.2 Å². The van der Waals surface area contributed by atoms with E-state index in [2.05, 4.69) is 15.3 Å². The van der Waals surface area contributed by atoms with Gasteiger partial charge in [0.05, 0.1) is 10.9 Å². The Morgan fingerprint density at radius 2 is 2.29 bits per heavy atom. The lowest BCUT2D eigenvalue weighted by molar-refractivity contribution is -0.129. The number of fused-ring (bicyclic) bond motifs is 1. The van der Waals surface area contributed by atoms with Crippen molar-refractivity contribution in [2.75, 3.05) is 18.4 Å². The molecule has 1 aliphatic rings. The Morgan fingerprint density at radius 1 is 1.43 bits per heavy atom. The molecule has 1 aliphatic heterocycles. The van der Waals surface area contributed by atoms with Crippen molar-refractivity contribution in [1.29, 1.82) is 5.26 Å². The van der Waals surface area contributed by atoms with Gasteiger partial charge in [-0.2, -0.15) is 5.26 Å². The van der Waals surface area contributed by atoms with Gasteiger partial charge in [0.25, 0.3) is 0 Å². The van der Waals surface area contributed by atoms with Crippen LogP contribution in [0.4, 0.5) is 10.2 Å². The van der Waals surface area contributed by atoms with Gasteiger partial charge in [-0.15, -0.1) is 11.3 Å². The molecule has 3 aromatic rings. The van der Waals surface area contributed by atoms with Crippen molar-refractivity contribution >= 4 is 33.3 Å². The molecule has 1 aromatic carbocycles. The van der Waals surface area contributed by atoms with E-state index in [0.29, 0.717) is 13.0 Å². The van der Waals surface area contributed by atoms with Crippen LogP contribution in [-0.2, 0) is 4.79 Å². The summed E-state index contributed by atoms with van der Waals surface area (Å²) in [5.41, 5.74) is 0.790. The van der Waals surface area contributed by atoms with E-state index in [1.165, 1.54) is 23.7 Å². The molecule has 142 valence electrons. The Balaban J connectivity index is 1.61. The standard InChI is InChI=1S/C20H18FN5OS/c1-2-18(27)26-6-5-14(10-26)25-19-15-8-17(28-20(15)24-11-23-19)12-3-4-16(21)13(7-12)9-22/h3-4,7-8,11,14H,2,5-6,10H2,1H3,(H,23,24,25)/t14-/m0/s1. The maximum Gasteiger partial charge on any atom is 0.222 e. The zero-order chi connectivity index (χ0) is 19.7. The Morgan fingerprint density at radius 3 is 3.07 bits per heavy atom. The molecule has 0 radical (unpaired) electrons. The second kappa shape index (κ2) is 7.52. The molecule has 6 nitrogen and oxygen atoms in total. The van der Waals surface area contributed by atoms with E-state index in [1.807, 2.05) is 24.0 Å². The number of likely N-dealkylation sites (tertiary alicyclic amines) is 1. The molecule has 1 saturated heterocycles. The molecule has 3 heterocycles. The minimum atomic E-state index is -0.526. The summed E-state index contributed by atoms with van der Waals surface area (Å²) in [6, 6.07) is 8.49. The lowest BCUT2D eigenvalue weighted by atomic mass is 10.1. The number of hydrogen-bond acceptors (Lipinski definition) is 6. The number of amides is 1. The molecule has 0 spiro atoms. The number of carbonyl (C=O) groups excluding carboxylic acids is 1. The van der Waals surface area contributed by atoms with Crippen LogP contribution in [-0.4, -0.2) is 39.9 Å². The summed E-state index contributed by atoms with van der Waals surface area (Å²) < 4.78 is 13.6. The third-order valence-electron chi connectivity index (χ3n) is 4.88. The lowest BCUT2D eigenvalue weighted by Crippen LogP contribution is -2.31. The zero-order valence-electron chi connectivity index (χ0n) is 15.3. The summed E-state index contributed by atoms with van der Waals surface area (Å²) in [6.07, 6.45) is 2.90. The number of anilines is 1. The summed E-state index contributed by atoms with van der Waals surface area (Å²) in [5, 5.41) is 13.4. The van der Waals surface area contributed by atoms with Crippen molar-refractivity contribution in [2.45, 2.75) is 25.8 Å². The molecule has 0 aliphatic carbocycles. The highest BCUT2D eigenvalue weighted by Gasteiger charge is 2.26. The molecule has 1 amide bonds. The van der Waals surface area contributed by atoms with Crippen LogP contribution < -0.4 is 5.32 Å². The predicted molar refractivity (Wildman–Crippen MR) is 106 cm³/mol. The summed E-state index contributed by atoms with van der Waals surface area (Å²) in [7, 11) is 0. The monoisotopic (exact) mass is 395 g/mol. The topological polar surface area (TPSA) is 81.9 Å². The van der Waals surface area contributed by atoms with Crippen molar-refractivity contribution in [3.63, 3.8) is 0 Å². The van der Waals surface area contributed by atoms with Gasteiger partial charge in [-0.3, -0.25) is 4.79 Å². The molecule has 0 unspecified atom stereocenters. The number of thiophene rings is 1. The first-order valence-electron chi connectivity index (χ1n) is 9.08. The number of nitriles is 1. The number of halogens is 1. The van der Waals surface area contributed by atoms with Gasteiger partial charge in [0.15, 0.2) is 0 Å². The molecule has 0 saturated carbocycles. The zero-order valence-corrected chi connectivity index (χ0v) is 16.1. The largest absolute Gasteiger partial charge is 0.365 e. The fraction of sp³-hybridized carbons (Fsp3) is 0.300. The van der Waals surface area contributed by atoms with E-state index in [-0.39, 0.29) is 17.5 Å². The number of hydrogen-bond donors (Lipinski definition) is 1. The van der Waals surface area contributed by atoms with E-state index >= 15 is 0 Å². The highest BCUT2D eigenvalue weighted by molar-refractivity contribution is 7.21. The Hall–Kier alpha value is -3.05. The Labute approximate surface area is 165 Å². The third-order valence-corrected chi connectivity index (χ3v) is 5.98. The van der Waals surface area contributed by atoms with Crippen molar-refractivity contribution in [3.8, 4) is 16.5 Å². The minimum Gasteiger partial charge on any atom is -0.365 e. The van der Waals surface area contributed by atoms with Gasteiger partial charge in [0.2, 0.25) is 5.91 Å². The SMILES string of the molecule is CCC(=O)N1CC[C@H](Nc2ncnc3sc(-c4ccc(F)c(C#N)c4)cc23)C1. The summed E-state index contributed by atoms with van der Waals surface area (Å²) in [6.45, 7) is 3.29. The molecule has 8 heteroatoms. The van der Waals surface area contributed by atoms with Crippen LogP contribution >= 0.6 is 11.3 Å². The molecule has 1 atom stereocenters. The van der Waals surface area contributed by atoms with Crippen LogP contribution in [0.25, 0.3) is 20.7 Å².